The molecule has 28 heavy (non-hydrogen) atoms. The van der Waals surface area contributed by atoms with Crippen molar-refractivity contribution in [2.24, 2.45) is 0 Å². The fourth-order valence-electron chi connectivity index (χ4n) is 3.63. The summed E-state index contributed by atoms with van der Waals surface area (Å²) in [7, 11) is 0. The zero-order chi connectivity index (χ0) is 20.3. The molecule has 3 aromatic carbocycles. The SMILES string of the molecule is Cc1cc(C)c([N+](=O)[O-])c(C)c1NC(=O)C(c1ccccc1)c1ccccc1. The molecule has 142 valence electrons. The van der Waals surface area contributed by atoms with E-state index in [0.29, 0.717) is 16.8 Å². The summed E-state index contributed by atoms with van der Waals surface area (Å²) >= 11 is 0. The summed E-state index contributed by atoms with van der Waals surface area (Å²) in [5.41, 5.74) is 4.12. The highest BCUT2D eigenvalue weighted by Crippen LogP contribution is 2.34. The zero-order valence-corrected chi connectivity index (χ0v) is 16.1. The summed E-state index contributed by atoms with van der Waals surface area (Å²) in [6, 6.07) is 20.8. The molecule has 1 N–H and O–H groups in total. The first-order valence-electron chi connectivity index (χ1n) is 9.06. The van der Waals surface area contributed by atoms with Gasteiger partial charge in [-0.05, 0) is 43.5 Å². The van der Waals surface area contributed by atoms with E-state index in [1.54, 1.807) is 19.9 Å². The molecule has 3 rings (SSSR count). The quantitative estimate of drug-likeness (QED) is 0.487. The Morgan fingerprint density at radius 3 is 1.86 bits per heavy atom. The van der Waals surface area contributed by atoms with Crippen molar-refractivity contribution in [3.8, 4) is 0 Å². The Labute approximate surface area is 164 Å². The molecule has 0 atom stereocenters. The van der Waals surface area contributed by atoms with Gasteiger partial charge in [-0.25, -0.2) is 0 Å². The molecular formula is C23H22N2O3. The standard InChI is InChI=1S/C23H22N2O3/c1-15-14-16(2)22(25(27)28)17(3)21(15)24-23(26)20(18-10-6-4-7-11-18)19-12-8-5-9-13-19/h4-14,20H,1-3H3,(H,24,26). The molecule has 0 unspecified atom stereocenters. The van der Waals surface area contributed by atoms with Crippen LogP contribution in [0.1, 0.15) is 33.7 Å². The van der Waals surface area contributed by atoms with Gasteiger partial charge in [-0.3, -0.25) is 14.9 Å². The van der Waals surface area contributed by atoms with E-state index in [0.717, 1.165) is 16.7 Å². The number of nitrogens with one attached hydrogen (secondary N) is 1. The second-order valence-electron chi connectivity index (χ2n) is 6.86. The maximum Gasteiger partial charge on any atom is 0.277 e. The molecule has 0 bridgehead atoms. The van der Waals surface area contributed by atoms with Gasteiger partial charge < -0.3 is 5.32 Å². The maximum atomic E-state index is 13.3. The van der Waals surface area contributed by atoms with E-state index in [9.17, 15) is 14.9 Å². The number of rotatable bonds is 5. The van der Waals surface area contributed by atoms with Crippen molar-refractivity contribution in [3.63, 3.8) is 0 Å². The highest BCUT2D eigenvalue weighted by molar-refractivity contribution is 5.99. The van der Waals surface area contributed by atoms with Crippen molar-refractivity contribution in [2.45, 2.75) is 26.7 Å². The van der Waals surface area contributed by atoms with Crippen LogP contribution in [0.4, 0.5) is 11.4 Å². The lowest BCUT2D eigenvalue weighted by Crippen LogP contribution is -2.23. The fourth-order valence-corrected chi connectivity index (χ4v) is 3.63. The number of amides is 1. The van der Waals surface area contributed by atoms with Crippen LogP contribution in [0, 0.1) is 30.9 Å². The van der Waals surface area contributed by atoms with Gasteiger partial charge >= 0.3 is 0 Å². The molecular weight excluding hydrogens is 352 g/mol. The number of hydrogen-bond donors (Lipinski definition) is 1. The molecule has 0 aromatic heterocycles. The van der Waals surface area contributed by atoms with E-state index >= 15 is 0 Å². The van der Waals surface area contributed by atoms with Crippen LogP contribution in [0.25, 0.3) is 0 Å². The maximum absolute atomic E-state index is 13.3. The number of aryl methyl sites for hydroxylation is 2. The molecule has 5 nitrogen and oxygen atoms in total. The number of benzene rings is 3. The van der Waals surface area contributed by atoms with Gasteiger partial charge in [0.05, 0.1) is 22.1 Å². The van der Waals surface area contributed by atoms with Crippen molar-refractivity contribution in [1.82, 2.24) is 0 Å². The minimum absolute atomic E-state index is 0.0388. The number of nitrogens with zero attached hydrogens (tertiary/aromatic N) is 1. The third-order valence-corrected chi connectivity index (χ3v) is 4.89. The Balaban J connectivity index is 2.05. The van der Waals surface area contributed by atoms with Crippen LogP contribution in [0.2, 0.25) is 0 Å². The number of hydrogen-bond acceptors (Lipinski definition) is 3. The van der Waals surface area contributed by atoms with Crippen molar-refractivity contribution in [1.29, 1.82) is 0 Å². The molecule has 1 amide bonds. The summed E-state index contributed by atoms with van der Waals surface area (Å²) in [5.74, 6) is -0.733. The summed E-state index contributed by atoms with van der Waals surface area (Å²) in [6.45, 7) is 5.23. The molecule has 0 saturated carbocycles. The minimum atomic E-state index is -0.512. The number of carbonyl (C=O) groups is 1. The summed E-state index contributed by atoms with van der Waals surface area (Å²) in [5, 5.41) is 14.4. The second kappa shape index (κ2) is 8.05. The molecule has 0 aliphatic heterocycles. The van der Waals surface area contributed by atoms with Crippen LogP contribution < -0.4 is 5.32 Å². The van der Waals surface area contributed by atoms with Crippen LogP contribution in [-0.2, 0) is 4.79 Å². The van der Waals surface area contributed by atoms with Gasteiger partial charge in [0.2, 0.25) is 5.91 Å². The predicted octanol–water partition coefficient (Wildman–Crippen LogP) is 5.29. The van der Waals surface area contributed by atoms with Crippen molar-refractivity contribution in [2.75, 3.05) is 5.32 Å². The van der Waals surface area contributed by atoms with Gasteiger partial charge in [0.15, 0.2) is 0 Å². The molecule has 3 aromatic rings. The second-order valence-corrected chi connectivity index (χ2v) is 6.86. The lowest BCUT2D eigenvalue weighted by Gasteiger charge is -2.20. The molecule has 0 saturated heterocycles. The third kappa shape index (κ3) is 3.78. The highest BCUT2D eigenvalue weighted by atomic mass is 16.6. The van der Waals surface area contributed by atoms with E-state index in [1.165, 1.54) is 0 Å². The van der Waals surface area contributed by atoms with Gasteiger partial charge in [-0.2, -0.15) is 0 Å². The molecule has 0 aliphatic rings. The van der Waals surface area contributed by atoms with E-state index in [1.807, 2.05) is 67.6 Å². The summed E-state index contributed by atoms with van der Waals surface area (Å²) < 4.78 is 0. The minimum Gasteiger partial charge on any atom is -0.325 e. The van der Waals surface area contributed by atoms with E-state index in [4.69, 9.17) is 0 Å². The van der Waals surface area contributed by atoms with Crippen LogP contribution in [-0.4, -0.2) is 10.8 Å². The van der Waals surface area contributed by atoms with E-state index in [2.05, 4.69) is 5.32 Å². The molecule has 0 spiro atoms. The van der Waals surface area contributed by atoms with Gasteiger partial charge in [-0.15, -0.1) is 0 Å². The Morgan fingerprint density at radius 2 is 1.39 bits per heavy atom. The number of carbonyl (C=O) groups excluding carboxylic acids is 1. The molecule has 0 radical (unpaired) electrons. The number of nitro groups is 1. The van der Waals surface area contributed by atoms with Crippen LogP contribution in [0.5, 0.6) is 0 Å². The van der Waals surface area contributed by atoms with Gasteiger partial charge in [0.1, 0.15) is 0 Å². The Hall–Kier alpha value is -3.47. The van der Waals surface area contributed by atoms with Crippen molar-refractivity contribution < 1.29 is 9.72 Å². The average Bonchev–Trinajstić information content (AvgIpc) is 2.66. The zero-order valence-electron chi connectivity index (χ0n) is 16.1. The number of nitro benzene ring substituents is 1. The molecule has 0 heterocycles. The number of anilines is 1. The van der Waals surface area contributed by atoms with Crippen molar-refractivity contribution in [3.05, 3.63) is 105 Å². The first-order valence-corrected chi connectivity index (χ1v) is 9.06. The predicted molar refractivity (Wildman–Crippen MR) is 111 cm³/mol. The van der Waals surface area contributed by atoms with Crippen LogP contribution >= 0.6 is 0 Å². The Bertz CT molecular complexity index is 976. The van der Waals surface area contributed by atoms with Crippen LogP contribution in [0.15, 0.2) is 66.7 Å². The van der Waals surface area contributed by atoms with E-state index in [-0.39, 0.29) is 11.6 Å². The average molecular weight is 374 g/mol. The molecule has 0 aliphatic carbocycles. The Morgan fingerprint density at radius 1 is 0.893 bits per heavy atom. The van der Waals surface area contributed by atoms with Crippen molar-refractivity contribution >= 4 is 17.3 Å². The Kier molecular flexibility index (Phi) is 5.54. The van der Waals surface area contributed by atoms with Gasteiger partial charge in [-0.1, -0.05) is 60.7 Å². The van der Waals surface area contributed by atoms with E-state index < -0.39 is 10.8 Å². The highest BCUT2D eigenvalue weighted by Gasteiger charge is 2.26. The van der Waals surface area contributed by atoms with Crippen LogP contribution in [0.3, 0.4) is 0 Å². The topological polar surface area (TPSA) is 72.2 Å². The first-order chi connectivity index (χ1) is 13.4. The largest absolute Gasteiger partial charge is 0.325 e. The summed E-state index contributed by atoms with van der Waals surface area (Å²) in [6.07, 6.45) is 0. The monoisotopic (exact) mass is 374 g/mol. The normalized spacial score (nSPS) is 10.7. The van der Waals surface area contributed by atoms with Gasteiger partial charge in [0, 0.05) is 5.56 Å². The third-order valence-electron chi connectivity index (χ3n) is 4.89. The summed E-state index contributed by atoms with van der Waals surface area (Å²) in [4.78, 5) is 24.4. The first kappa shape index (κ1) is 19.3. The molecule has 5 heteroatoms. The fraction of sp³-hybridized carbons (Fsp3) is 0.174. The lowest BCUT2D eigenvalue weighted by atomic mass is 9.90. The smallest absolute Gasteiger partial charge is 0.277 e. The lowest BCUT2D eigenvalue weighted by molar-refractivity contribution is -0.386. The molecule has 0 fully saturated rings. The van der Waals surface area contributed by atoms with Gasteiger partial charge in [0.25, 0.3) is 5.69 Å².